The first kappa shape index (κ1) is 23.2. The smallest absolute Gasteiger partial charge is 0.330 e. The highest BCUT2D eigenvalue weighted by atomic mass is 32.2. The minimum absolute atomic E-state index is 0.0224. The van der Waals surface area contributed by atoms with Crippen molar-refractivity contribution in [3.8, 4) is 5.75 Å². The summed E-state index contributed by atoms with van der Waals surface area (Å²) in [6.07, 6.45) is 2.43. The van der Waals surface area contributed by atoms with Gasteiger partial charge in [0.25, 0.3) is 5.56 Å². The van der Waals surface area contributed by atoms with E-state index in [1.807, 2.05) is 24.3 Å². The predicted molar refractivity (Wildman–Crippen MR) is 114 cm³/mol. The van der Waals surface area contributed by atoms with Gasteiger partial charge >= 0.3 is 5.69 Å². The molecule has 0 aliphatic carbocycles. The molecule has 2 heterocycles. The quantitative estimate of drug-likeness (QED) is 0.480. The van der Waals surface area contributed by atoms with Crippen LogP contribution in [0, 0.1) is 0 Å². The van der Waals surface area contributed by atoms with Crippen molar-refractivity contribution in [3.05, 3.63) is 62.9 Å². The Hall–Kier alpha value is -2.47. The van der Waals surface area contributed by atoms with Gasteiger partial charge in [0.15, 0.2) is 0 Å². The van der Waals surface area contributed by atoms with Crippen LogP contribution >= 0.6 is 0 Å². The van der Waals surface area contributed by atoms with E-state index in [2.05, 4.69) is 9.71 Å². The third-order valence-corrected chi connectivity index (χ3v) is 6.27. The summed E-state index contributed by atoms with van der Waals surface area (Å²) in [5, 5.41) is 0. The molecule has 2 atom stereocenters. The van der Waals surface area contributed by atoms with E-state index >= 15 is 0 Å². The SMILES string of the molecule is C[C@@H](NS(=O)(=O)CCCOCn1ccc(=O)[nH]c1=O)c1cccc(O[C@@H]2CCOC2)c1. The normalized spacial score (nSPS) is 17.5. The third kappa shape index (κ3) is 7.31. The van der Waals surface area contributed by atoms with Gasteiger partial charge in [-0.15, -0.1) is 0 Å². The maximum absolute atomic E-state index is 12.4. The van der Waals surface area contributed by atoms with Gasteiger partial charge in [0, 0.05) is 31.3 Å². The Morgan fingerprint density at radius 1 is 1.32 bits per heavy atom. The average Bonchev–Trinajstić information content (AvgIpc) is 3.22. The zero-order valence-electron chi connectivity index (χ0n) is 17.3. The average molecular weight is 454 g/mol. The summed E-state index contributed by atoms with van der Waals surface area (Å²) < 4.78 is 45.1. The van der Waals surface area contributed by atoms with Crippen LogP contribution in [0.2, 0.25) is 0 Å². The largest absolute Gasteiger partial charge is 0.488 e. The van der Waals surface area contributed by atoms with Gasteiger partial charge in [0.2, 0.25) is 10.0 Å². The van der Waals surface area contributed by atoms with E-state index in [0.717, 1.165) is 12.0 Å². The fraction of sp³-hybridized carbons (Fsp3) is 0.500. The Labute approximate surface area is 180 Å². The van der Waals surface area contributed by atoms with Crippen LogP contribution < -0.4 is 20.7 Å². The lowest BCUT2D eigenvalue weighted by Gasteiger charge is -2.17. The van der Waals surface area contributed by atoms with Gasteiger partial charge in [0.05, 0.1) is 19.0 Å². The van der Waals surface area contributed by atoms with Crippen molar-refractivity contribution in [2.45, 2.75) is 38.6 Å². The number of benzene rings is 1. The number of nitrogens with zero attached hydrogens (tertiary/aromatic N) is 1. The summed E-state index contributed by atoms with van der Waals surface area (Å²) in [7, 11) is -3.53. The fourth-order valence-corrected chi connectivity index (χ4v) is 4.40. The van der Waals surface area contributed by atoms with E-state index in [9.17, 15) is 18.0 Å². The van der Waals surface area contributed by atoms with Crippen molar-refractivity contribution in [2.24, 2.45) is 0 Å². The highest BCUT2D eigenvalue weighted by Crippen LogP contribution is 2.22. The predicted octanol–water partition coefficient (Wildman–Crippen LogP) is 0.749. The minimum Gasteiger partial charge on any atom is -0.488 e. The summed E-state index contributed by atoms with van der Waals surface area (Å²) in [4.78, 5) is 24.7. The molecule has 0 radical (unpaired) electrons. The van der Waals surface area contributed by atoms with Crippen LogP contribution in [0.4, 0.5) is 0 Å². The van der Waals surface area contributed by atoms with Crippen molar-refractivity contribution in [1.29, 1.82) is 0 Å². The third-order valence-electron chi connectivity index (χ3n) is 4.73. The van der Waals surface area contributed by atoms with Gasteiger partial charge < -0.3 is 14.2 Å². The second-order valence-corrected chi connectivity index (χ2v) is 9.18. The molecule has 31 heavy (non-hydrogen) atoms. The molecule has 0 spiro atoms. The summed E-state index contributed by atoms with van der Waals surface area (Å²) in [5.74, 6) is 0.568. The molecule has 10 nitrogen and oxygen atoms in total. The topological polar surface area (TPSA) is 129 Å². The molecule has 0 saturated carbocycles. The standard InChI is InChI=1S/C20H27N3O7S/c1-15(16-4-2-5-17(12-16)30-18-7-10-28-13-18)22-31(26,27)11-3-9-29-14-23-8-6-19(24)21-20(23)25/h2,4-6,8,12,15,18,22H,3,7,9-11,13-14H2,1H3,(H,21,24,25)/t15-,18-/m1/s1. The van der Waals surface area contributed by atoms with Crippen LogP contribution in [0.5, 0.6) is 5.75 Å². The molecule has 1 aromatic heterocycles. The molecule has 0 bridgehead atoms. The lowest BCUT2D eigenvalue weighted by molar-refractivity contribution is 0.0744. The number of ether oxygens (including phenoxy) is 3. The van der Waals surface area contributed by atoms with Gasteiger partial charge in [-0.05, 0) is 31.0 Å². The minimum atomic E-state index is -3.53. The Balaban J connectivity index is 1.44. The molecule has 1 aliphatic rings. The molecule has 3 rings (SSSR count). The van der Waals surface area contributed by atoms with E-state index in [4.69, 9.17) is 14.2 Å². The summed E-state index contributed by atoms with van der Waals surface area (Å²) >= 11 is 0. The van der Waals surface area contributed by atoms with Crippen LogP contribution in [-0.4, -0.2) is 49.6 Å². The number of sulfonamides is 1. The first-order valence-electron chi connectivity index (χ1n) is 10.0. The number of aromatic amines is 1. The Bertz CT molecular complexity index is 1070. The van der Waals surface area contributed by atoms with Crippen LogP contribution in [0.15, 0.2) is 46.1 Å². The van der Waals surface area contributed by atoms with Crippen molar-refractivity contribution in [1.82, 2.24) is 14.3 Å². The first-order valence-corrected chi connectivity index (χ1v) is 11.7. The number of aromatic nitrogens is 2. The van der Waals surface area contributed by atoms with Crippen molar-refractivity contribution in [3.63, 3.8) is 0 Å². The monoisotopic (exact) mass is 453 g/mol. The highest BCUT2D eigenvalue weighted by Gasteiger charge is 2.19. The molecule has 11 heteroatoms. The summed E-state index contributed by atoms with van der Waals surface area (Å²) in [6.45, 7) is 3.09. The van der Waals surface area contributed by atoms with Gasteiger partial charge in [-0.1, -0.05) is 12.1 Å². The van der Waals surface area contributed by atoms with Crippen molar-refractivity contribution < 1.29 is 22.6 Å². The van der Waals surface area contributed by atoms with E-state index < -0.39 is 27.3 Å². The number of hydrogen-bond acceptors (Lipinski definition) is 7. The van der Waals surface area contributed by atoms with E-state index in [-0.39, 0.29) is 31.6 Å². The van der Waals surface area contributed by atoms with Crippen molar-refractivity contribution >= 4 is 10.0 Å². The van der Waals surface area contributed by atoms with Crippen LogP contribution in [0.25, 0.3) is 0 Å². The fourth-order valence-electron chi connectivity index (χ4n) is 3.11. The summed E-state index contributed by atoms with van der Waals surface area (Å²) in [5.41, 5.74) is -0.270. The van der Waals surface area contributed by atoms with Gasteiger partial charge in [-0.3, -0.25) is 14.3 Å². The molecule has 2 aromatic rings. The zero-order chi connectivity index (χ0) is 22.3. The lowest BCUT2D eigenvalue weighted by atomic mass is 10.1. The molecule has 1 aromatic carbocycles. The van der Waals surface area contributed by atoms with Crippen LogP contribution in [-0.2, 0) is 26.2 Å². The molecule has 0 unspecified atom stereocenters. The van der Waals surface area contributed by atoms with E-state index in [1.54, 1.807) is 6.92 Å². The van der Waals surface area contributed by atoms with Crippen LogP contribution in [0.3, 0.4) is 0 Å². The Morgan fingerprint density at radius 3 is 2.90 bits per heavy atom. The van der Waals surface area contributed by atoms with Gasteiger partial charge in [-0.25, -0.2) is 17.9 Å². The zero-order valence-corrected chi connectivity index (χ0v) is 18.1. The first-order chi connectivity index (χ1) is 14.8. The molecule has 1 fully saturated rings. The van der Waals surface area contributed by atoms with Crippen molar-refractivity contribution in [2.75, 3.05) is 25.6 Å². The molecule has 0 amide bonds. The molecule has 170 valence electrons. The number of H-pyrrole nitrogens is 1. The maximum atomic E-state index is 12.4. The van der Waals surface area contributed by atoms with Gasteiger partial charge in [-0.2, -0.15) is 0 Å². The Morgan fingerprint density at radius 2 is 2.16 bits per heavy atom. The number of hydrogen-bond donors (Lipinski definition) is 2. The molecule has 1 saturated heterocycles. The molecular weight excluding hydrogens is 426 g/mol. The second kappa shape index (κ2) is 10.7. The maximum Gasteiger partial charge on any atom is 0.330 e. The van der Waals surface area contributed by atoms with Crippen LogP contribution in [0.1, 0.15) is 31.4 Å². The van der Waals surface area contributed by atoms with E-state index in [0.29, 0.717) is 19.0 Å². The molecular formula is C20H27N3O7S. The Kier molecular flexibility index (Phi) is 8.02. The summed E-state index contributed by atoms with van der Waals surface area (Å²) in [6, 6.07) is 8.13. The molecule has 2 N–H and O–H groups in total. The number of rotatable bonds is 11. The lowest BCUT2D eigenvalue weighted by Crippen LogP contribution is -2.30. The van der Waals surface area contributed by atoms with E-state index in [1.165, 1.54) is 16.8 Å². The second-order valence-electron chi connectivity index (χ2n) is 7.31. The highest BCUT2D eigenvalue weighted by molar-refractivity contribution is 7.89. The number of nitrogens with one attached hydrogen (secondary N) is 2. The van der Waals surface area contributed by atoms with Gasteiger partial charge in [0.1, 0.15) is 18.6 Å². The molecule has 1 aliphatic heterocycles.